The maximum Gasteiger partial charge on any atom is 0.0155 e. The third-order valence-corrected chi connectivity index (χ3v) is 4.44. The van der Waals surface area contributed by atoms with E-state index >= 15 is 0 Å². The summed E-state index contributed by atoms with van der Waals surface area (Å²) in [4.78, 5) is 0. The van der Waals surface area contributed by atoms with Crippen LogP contribution in [0.3, 0.4) is 0 Å². The summed E-state index contributed by atoms with van der Waals surface area (Å²) in [6, 6.07) is 20.7. The smallest absolute Gasteiger partial charge is 0.0155 e. The van der Waals surface area contributed by atoms with Gasteiger partial charge >= 0.3 is 0 Å². The van der Waals surface area contributed by atoms with Crippen molar-refractivity contribution in [1.82, 2.24) is 0 Å². The molecule has 2 rings (SSSR count). The first-order chi connectivity index (χ1) is 9.61. The molecular formula is C20H25. The topological polar surface area (TPSA) is 0 Å². The maximum absolute atomic E-state index is 3.41. The second-order valence-electron chi connectivity index (χ2n) is 6.00. The molecule has 0 amide bonds. The highest BCUT2D eigenvalue weighted by atomic mass is 14.3. The summed E-state index contributed by atoms with van der Waals surface area (Å²) >= 11 is 0. The summed E-state index contributed by atoms with van der Waals surface area (Å²) in [5.74, 6) is 0.647. The molecule has 0 saturated heterocycles. The van der Waals surface area contributed by atoms with E-state index in [1.165, 1.54) is 29.5 Å². The molecule has 0 fully saturated rings. The van der Waals surface area contributed by atoms with E-state index < -0.39 is 0 Å². The van der Waals surface area contributed by atoms with Crippen LogP contribution in [-0.4, -0.2) is 0 Å². The van der Waals surface area contributed by atoms with Crippen molar-refractivity contribution in [3.05, 3.63) is 71.3 Å². The van der Waals surface area contributed by atoms with Gasteiger partial charge in [-0.3, -0.25) is 0 Å². The average molecular weight is 265 g/mol. The predicted molar refractivity (Wildman–Crippen MR) is 87.2 cm³/mol. The van der Waals surface area contributed by atoms with E-state index in [2.05, 4.69) is 70.2 Å². The molecule has 0 heterocycles. The molecule has 0 saturated carbocycles. The molecule has 0 nitrogen and oxygen atoms in total. The van der Waals surface area contributed by atoms with Crippen LogP contribution in [0.1, 0.15) is 63.1 Å². The van der Waals surface area contributed by atoms with Crippen molar-refractivity contribution < 1.29 is 0 Å². The van der Waals surface area contributed by atoms with Crippen LogP contribution in [0.25, 0.3) is 0 Å². The highest BCUT2D eigenvalue weighted by molar-refractivity contribution is 5.43. The minimum Gasteiger partial charge on any atom is -0.0648 e. The third kappa shape index (κ3) is 2.80. The van der Waals surface area contributed by atoms with Crippen LogP contribution in [0.2, 0.25) is 0 Å². The molecule has 20 heavy (non-hydrogen) atoms. The minimum absolute atomic E-state index is 0.000440. The van der Waals surface area contributed by atoms with E-state index in [0.717, 1.165) is 0 Å². The van der Waals surface area contributed by atoms with Crippen molar-refractivity contribution in [1.29, 1.82) is 0 Å². The van der Waals surface area contributed by atoms with Crippen LogP contribution in [0.4, 0.5) is 0 Å². The monoisotopic (exact) mass is 265 g/mol. The van der Waals surface area contributed by atoms with E-state index in [1.54, 1.807) is 0 Å². The summed E-state index contributed by atoms with van der Waals surface area (Å²) in [6.07, 6.45) is 2.39. The zero-order chi connectivity index (χ0) is 14.6. The Morgan fingerprint density at radius 1 is 0.950 bits per heavy atom. The largest absolute Gasteiger partial charge is 0.0648 e. The number of hydrogen-bond acceptors (Lipinski definition) is 0. The molecular weight excluding hydrogens is 240 g/mol. The molecule has 0 unspecified atom stereocenters. The number of hydrogen-bond donors (Lipinski definition) is 0. The van der Waals surface area contributed by atoms with Crippen molar-refractivity contribution in [2.75, 3.05) is 0 Å². The normalized spacial score (nSPS) is 11.8. The van der Waals surface area contributed by atoms with Gasteiger partial charge in [-0.1, -0.05) is 76.2 Å². The zero-order valence-electron chi connectivity index (χ0n) is 13.1. The zero-order valence-corrected chi connectivity index (χ0v) is 13.1. The molecule has 105 valence electrons. The summed E-state index contributed by atoms with van der Waals surface area (Å²) < 4.78 is 0. The van der Waals surface area contributed by atoms with Gasteiger partial charge in [-0.2, -0.15) is 0 Å². The highest BCUT2D eigenvalue weighted by Gasteiger charge is 2.27. The van der Waals surface area contributed by atoms with Crippen molar-refractivity contribution in [3.63, 3.8) is 0 Å². The summed E-state index contributed by atoms with van der Waals surface area (Å²) in [5, 5.41) is 0. The Bertz CT molecular complexity index is 533. The van der Waals surface area contributed by atoms with Gasteiger partial charge in [0.2, 0.25) is 0 Å². The average Bonchev–Trinajstić information content (AvgIpc) is 2.50. The van der Waals surface area contributed by atoms with Crippen LogP contribution in [0.5, 0.6) is 0 Å². The molecule has 1 radical (unpaired) electrons. The highest BCUT2D eigenvalue weighted by Crippen LogP contribution is 2.37. The Kier molecular flexibility index (Phi) is 4.65. The van der Waals surface area contributed by atoms with Gasteiger partial charge in [0.1, 0.15) is 0 Å². The number of benzene rings is 2. The fraction of sp³-hybridized carbons (Fsp3) is 0.400. The second kappa shape index (κ2) is 6.26. The van der Waals surface area contributed by atoms with Gasteiger partial charge in [-0.25, -0.2) is 0 Å². The van der Waals surface area contributed by atoms with Gasteiger partial charge in [0.15, 0.2) is 0 Å². The molecule has 0 aliphatic rings. The molecule has 0 aromatic heterocycles. The standard InChI is InChI=1S/C20H25/c1-5-16(6-2)18-14-10-11-15-19(18)20(3,4)17-12-8-7-9-13-17/h7-12,14-16H,5-6H2,1-4H3. The molecule has 0 N–H and O–H groups in total. The summed E-state index contributed by atoms with van der Waals surface area (Å²) in [7, 11) is 0. The van der Waals surface area contributed by atoms with E-state index in [4.69, 9.17) is 0 Å². The maximum atomic E-state index is 3.41. The Morgan fingerprint density at radius 3 is 2.20 bits per heavy atom. The molecule has 0 bridgehead atoms. The van der Waals surface area contributed by atoms with Gasteiger partial charge in [0.05, 0.1) is 0 Å². The first-order valence-electron chi connectivity index (χ1n) is 7.67. The Labute approximate surface area is 123 Å². The Morgan fingerprint density at radius 2 is 1.60 bits per heavy atom. The van der Waals surface area contributed by atoms with E-state index in [0.29, 0.717) is 5.92 Å². The quantitative estimate of drug-likeness (QED) is 0.649. The van der Waals surface area contributed by atoms with Crippen LogP contribution in [0.15, 0.2) is 48.5 Å². The van der Waals surface area contributed by atoms with Crippen molar-refractivity contribution in [3.8, 4) is 0 Å². The van der Waals surface area contributed by atoms with Crippen LogP contribution in [0, 0.1) is 6.07 Å². The predicted octanol–water partition coefficient (Wildman–Crippen LogP) is 5.72. The van der Waals surface area contributed by atoms with Crippen LogP contribution < -0.4 is 0 Å². The van der Waals surface area contributed by atoms with E-state index in [-0.39, 0.29) is 5.41 Å². The molecule has 0 aliphatic heterocycles. The lowest BCUT2D eigenvalue weighted by Crippen LogP contribution is -2.22. The molecule has 2 aromatic rings. The van der Waals surface area contributed by atoms with Crippen molar-refractivity contribution in [2.45, 2.75) is 51.9 Å². The van der Waals surface area contributed by atoms with Crippen LogP contribution >= 0.6 is 0 Å². The SMILES string of the molecule is CCC(CC)c1ccccc1C(C)(C)c1[c]cccc1. The lowest BCUT2D eigenvalue weighted by atomic mass is 9.73. The Balaban J connectivity index is 2.52. The van der Waals surface area contributed by atoms with Crippen LogP contribution in [-0.2, 0) is 5.41 Å². The molecule has 2 aromatic carbocycles. The van der Waals surface area contributed by atoms with Gasteiger partial charge in [0.25, 0.3) is 0 Å². The lowest BCUT2D eigenvalue weighted by Gasteiger charge is -2.30. The van der Waals surface area contributed by atoms with E-state index in [1.807, 2.05) is 12.1 Å². The van der Waals surface area contributed by atoms with Gasteiger partial charge in [-0.15, -0.1) is 0 Å². The number of rotatable bonds is 5. The van der Waals surface area contributed by atoms with Crippen molar-refractivity contribution >= 4 is 0 Å². The minimum atomic E-state index is 0.000440. The summed E-state index contributed by atoms with van der Waals surface area (Å²) in [5.41, 5.74) is 4.20. The van der Waals surface area contributed by atoms with E-state index in [9.17, 15) is 0 Å². The molecule has 0 spiro atoms. The van der Waals surface area contributed by atoms with Gasteiger partial charge in [-0.05, 0) is 41.5 Å². The fourth-order valence-corrected chi connectivity index (χ4v) is 3.08. The fourth-order valence-electron chi connectivity index (χ4n) is 3.08. The molecule has 0 atom stereocenters. The van der Waals surface area contributed by atoms with Gasteiger partial charge in [0, 0.05) is 5.41 Å². The Hall–Kier alpha value is -1.56. The van der Waals surface area contributed by atoms with Crippen molar-refractivity contribution in [2.24, 2.45) is 0 Å². The summed E-state index contributed by atoms with van der Waals surface area (Å²) in [6.45, 7) is 9.18. The third-order valence-electron chi connectivity index (χ3n) is 4.44. The van der Waals surface area contributed by atoms with Gasteiger partial charge < -0.3 is 0 Å². The second-order valence-corrected chi connectivity index (χ2v) is 6.00. The molecule has 0 heteroatoms. The first-order valence-corrected chi connectivity index (χ1v) is 7.67. The first kappa shape index (κ1) is 14.8. The lowest BCUT2D eigenvalue weighted by molar-refractivity contribution is 0.586. The molecule has 0 aliphatic carbocycles.